The summed E-state index contributed by atoms with van der Waals surface area (Å²) < 4.78 is 5.59. The molecule has 0 saturated heterocycles. The van der Waals surface area contributed by atoms with E-state index in [9.17, 15) is 0 Å². The van der Waals surface area contributed by atoms with E-state index in [-0.39, 0.29) is 0 Å². The fourth-order valence-electron chi connectivity index (χ4n) is 1.91. The van der Waals surface area contributed by atoms with Gasteiger partial charge in [-0.25, -0.2) is 0 Å². The van der Waals surface area contributed by atoms with E-state index in [2.05, 4.69) is 18.3 Å². The molecule has 0 spiro atoms. The minimum atomic E-state index is 0.810. The van der Waals surface area contributed by atoms with Crippen LogP contribution in [-0.2, 0) is 11.3 Å². The predicted molar refractivity (Wildman–Crippen MR) is 76.1 cm³/mol. The van der Waals surface area contributed by atoms with Gasteiger partial charge in [0.2, 0.25) is 0 Å². The topological polar surface area (TPSA) is 21.3 Å². The Bertz CT molecular complexity index is 377. The number of nitrogens with one attached hydrogen (secondary N) is 1. The van der Waals surface area contributed by atoms with Crippen molar-refractivity contribution in [2.24, 2.45) is 5.92 Å². The highest BCUT2D eigenvalue weighted by molar-refractivity contribution is 6.30. The number of benzene rings is 1. The molecule has 0 aromatic heterocycles. The third-order valence-electron chi connectivity index (χ3n) is 3.31. The summed E-state index contributed by atoms with van der Waals surface area (Å²) in [6.45, 7) is 5.86. The van der Waals surface area contributed by atoms with Crippen LogP contribution >= 0.6 is 11.6 Å². The standard InChI is InChI=1S/C15H22ClNO/c1-12-9-15(16)6-5-14(12)10-17-7-2-8-18-11-13-3-4-13/h5-6,9,13,17H,2-4,7-8,10-11H2,1H3. The van der Waals surface area contributed by atoms with Crippen LogP contribution in [0.4, 0.5) is 0 Å². The molecule has 2 rings (SSSR count). The second kappa shape index (κ2) is 7.13. The lowest BCUT2D eigenvalue weighted by molar-refractivity contribution is 0.122. The zero-order valence-electron chi connectivity index (χ0n) is 11.0. The molecule has 1 aromatic carbocycles. The van der Waals surface area contributed by atoms with Crippen molar-refractivity contribution in [1.82, 2.24) is 5.32 Å². The average molecular weight is 268 g/mol. The summed E-state index contributed by atoms with van der Waals surface area (Å²) in [5.74, 6) is 0.870. The summed E-state index contributed by atoms with van der Waals surface area (Å²) in [7, 11) is 0. The van der Waals surface area contributed by atoms with Crippen LogP contribution in [0.15, 0.2) is 18.2 Å². The van der Waals surface area contributed by atoms with Gasteiger partial charge in [-0.15, -0.1) is 0 Å². The first-order valence-electron chi connectivity index (χ1n) is 6.79. The fourth-order valence-corrected chi connectivity index (χ4v) is 2.14. The molecule has 0 heterocycles. The quantitative estimate of drug-likeness (QED) is 0.728. The van der Waals surface area contributed by atoms with Crippen LogP contribution in [0.2, 0.25) is 5.02 Å². The van der Waals surface area contributed by atoms with Gasteiger partial charge in [0.25, 0.3) is 0 Å². The van der Waals surface area contributed by atoms with E-state index >= 15 is 0 Å². The summed E-state index contributed by atoms with van der Waals surface area (Å²) in [6, 6.07) is 6.05. The van der Waals surface area contributed by atoms with Crippen LogP contribution < -0.4 is 5.32 Å². The van der Waals surface area contributed by atoms with Crippen LogP contribution in [0.3, 0.4) is 0 Å². The van der Waals surface area contributed by atoms with Crippen molar-refractivity contribution in [3.05, 3.63) is 34.3 Å². The molecular formula is C15H22ClNO. The number of hydrogen-bond donors (Lipinski definition) is 1. The SMILES string of the molecule is Cc1cc(Cl)ccc1CNCCCOCC1CC1. The summed E-state index contributed by atoms with van der Waals surface area (Å²) in [5, 5.41) is 4.25. The second-order valence-electron chi connectivity index (χ2n) is 5.12. The van der Waals surface area contributed by atoms with Gasteiger partial charge in [0, 0.05) is 24.8 Å². The Hall–Kier alpha value is -0.570. The molecule has 1 saturated carbocycles. The smallest absolute Gasteiger partial charge is 0.0494 e. The first-order valence-corrected chi connectivity index (χ1v) is 7.17. The maximum Gasteiger partial charge on any atom is 0.0494 e. The first-order chi connectivity index (χ1) is 8.75. The van der Waals surface area contributed by atoms with Crippen molar-refractivity contribution in [3.63, 3.8) is 0 Å². The van der Waals surface area contributed by atoms with Crippen LogP contribution in [0, 0.1) is 12.8 Å². The molecule has 18 heavy (non-hydrogen) atoms. The zero-order valence-corrected chi connectivity index (χ0v) is 11.8. The second-order valence-corrected chi connectivity index (χ2v) is 5.56. The lowest BCUT2D eigenvalue weighted by atomic mass is 10.1. The molecule has 0 unspecified atom stereocenters. The number of halogens is 1. The van der Waals surface area contributed by atoms with Crippen LogP contribution in [0.1, 0.15) is 30.4 Å². The summed E-state index contributed by atoms with van der Waals surface area (Å²) in [5.41, 5.74) is 2.57. The van der Waals surface area contributed by atoms with E-state index < -0.39 is 0 Å². The summed E-state index contributed by atoms with van der Waals surface area (Å²) >= 11 is 5.93. The summed E-state index contributed by atoms with van der Waals surface area (Å²) in [6.07, 6.45) is 3.82. The molecule has 100 valence electrons. The Labute approximate surface area is 115 Å². The minimum Gasteiger partial charge on any atom is -0.381 e. The highest BCUT2D eigenvalue weighted by Gasteiger charge is 2.20. The molecule has 3 heteroatoms. The fraction of sp³-hybridized carbons (Fsp3) is 0.600. The third kappa shape index (κ3) is 4.97. The van der Waals surface area contributed by atoms with E-state index in [0.717, 1.165) is 43.7 Å². The van der Waals surface area contributed by atoms with Crippen molar-refractivity contribution in [2.45, 2.75) is 32.7 Å². The molecule has 1 aromatic rings. The lowest BCUT2D eigenvalue weighted by Gasteiger charge is -2.08. The van der Waals surface area contributed by atoms with E-state index in [4.69, 9.17) is 16.3 Å². The van der Waals surface area contributed by atoms with Gasteiger partial charge in [-0.05, 0) is 61.9 Å². The monoisotopic (exact) mass is 267 g/mol. The Morgan fingerprint density at radius 2 is 2.22 bits per heavy atom. The van der Waals surface area contributed by atoms with Crippen molar-refractivity contribution in [2.75, 3.05) is 19.8 Å². The molecule has 1 fully saturated rings. The van der Waals surface area contributed by atoms with Crippen molar-refractivity contribution < 1.29 is 4.74 Å². The normalized spacial score (nSPS) is 15.0. The number of ether oxygens (including phenoxy) is 1. The molecule has 0 bridgehead atoms. The van der Waals surface area contributed by atoms with Crippen LogP contribution in [-0.4, -0.2) is 19.8 Å². The Morgan fingerprint density at radius 3 is 2.94 bits per heavy atom. The van der Waals surface area contributed by atoms with Gasteiger partial charge in [-0.2, -0.15) is 0 Å². The maximum absolute atomic E-state index is 5.93. The highest BCUT2D eigenvalue weighted by Crippen LogP contribution is 2.28. The molecule has 1 N–H and O–H groups in total. The number of aryl methyl sites for hydroxylation is 1. The van der Waals surface area contributed by atoms with Crippen molar-refractivity contribution in [3.8, 4) is 0 Å². The van der Waals surface area contributed by atoms with Crippen molar-refractivity contribution >= 4 is 11.6 Å². The lowest BCUT2D eigenvalue weighted by Crippen LogP contribution is -2.17. The molecular weight excluding hydrogens is 246 g/mol. The largest absolute Gasteiger partial charge is 0.381 e. The maximum atomic E-state index is 5.93. The molecule has 0 radical (unpaired) electrons. The molecule has 0 aliphatic heterocycles. The predicted octanol–water partition coefficient (Wildman–Crippen LogP) is 3.55. The van der Waals surface area contributed by atoms with Gasteiger partial charge in [0.15, 0.2) is 0 Å². The average Bonchev–Trinajstić information content (AvgIpc) is 3.14. The highest BCUT2D eigenvalue weighted by atomic mass is 35.5. The Morgan fingerprint density at radius 1 is 1.39 bits per heavy atom. The van der Waals surface area contributed by atoms with Crippen LogP contribution in [0.25, 0.3) is 0 Å². The van der Waals surface area contributed by atoms with Gasteiger partial charge in [0.1, 0.15) is 0 Å². The minimum absolute atomic E-state index is 0.810. The first kappa shape index (κ1) is 13.9. The zero-order chi connectivity index (χ0) is 12.8. The molecule has 1 aliphatic rings. The Balaban J connectivity index is 1.53. The van der Waals surface area contributed by atoms with Crippen molar-refractivity contribution in [1.29, 1.82) is 0 Å². The van der Waals surface area contributed by atoms with Gasteiger partial charge >= 0.3 is 0 Å². The van der Waals surface area contributed by atoms with Gasteiger partial charge < -0.3 is 10.1 Å². The van der Waals surface area contributed by atoms with E-state index in [1.165, 1.54) is 24.0 Å². The van der Waals surface area contributed by atoms with E-state index in [1.54, 1.807) is 0 Å². The summed E-state index contributed by atoms with van der Waals surface area (Å²) in [4.78, 5) is 0. The molecule has 2 nitrogen and oxygen atoms in total. The number of hydrogen-bond acceptors (Lipinski definition) is 2. The van der Waals surface area contributed by atoms with Gasteiger partial charge in [0.05, 0.1) is 0 Å². The Kier molecular flexibility index (Phi) is 5.48. The molecule has 0 atom stereocenters. The van der Waals surface area contributed by atoms with Gasteiger partial charge in [-0.1, -0.05) is 17.7 Å². The van der Waals surface area contributed by atoms with E-state index in [1.807, 2.05) is 12.1 Å². The number of rotatable bonds is 8. The molecule has 1 aliphatic carbocycles. The third-order valence-corrected chi connectivity index (χ3v) is 3.55. The van der Waals surface area contributed by atoms with E-state index in [0.29, 0.717) is 0 Å². The van der Waals surface area contributed by atoms with Crippen LogP contribution in [0.5, 0.6) is 0 Å². The molecule has 0 amide bonds. The van der Waals surface area contributed by atoms with Gasteiger partial charge in [-0.3, -0.25) is 0 Å².